The molecule has 0 aromatic heterocycles. The topological polar surface area (TPSA) is 14.1 Å². The summed E-state index contributed by atoms with van der Waals surface area (Å²) in [5.41, 5.74) is 2.02. The molecule has 1 aromatic rings. The van der Waals surface area contributed by atoms with Gasteiger partial charge >= 0.3 is 0 Å². The van der Waals surface area contributed by atoms with Crippen LogP contribution in [0, 0.1) is 5.82 Å². The molecule has 0 saturated heterocycles. The maximum Gasteiger partial charge on any atom is 0.123 e. The smallest absolute Gasteiger partial charge is 0.123 e. The number of nitrogens with zero attached hydrogens (tertiary/aromatic N) is 1. The zero-order chi connectivity index (χ0) is 9.47. The minimum absolute atomic E-state index is 0.0187. The normalized spacial score (nSPS) is 19.0. The van der Waals surface area contributed by atoms with Crippen LogP contribution in [0.2, 0.25) is 0 Å². The number of benzene rings is 1. The van der Waals surface area contributed by atoms with Crippen LogP contribution in [0.4, 0.5) is 10.1 Å². The largest absolute Gasteiger partial charge is 0.279 e. The Morgan fingerprint density at radius 2 is 2.15 bits per heavy atom. The van der Waals surface area contributed by atoms with Crippen molar-refractivity contribution in [1.82, 2.24) is 5.32 Å². The van der Waals surface area contributed by atoms with Crippen molar-refractivity contribution >= 4 is 5.69 Å². The van der Waals surface area contributed by atoms with Crippen molar-refractivity contribution in [3.8, 4) is 0 Å². The van der Waals surface area contributed by atoms with E-state index >= 15 is 0 Å². The van der Waals surface area contributed by atoms with Gasteiger partial charge in [-0.15, -0.1) is 0 Å². The van der Waals surface area contributed by atoms with Crippen molar-refractivity contribution in [1.29, 1.82) is 0 Å². The number of halogens is 1. The highest BCUT2D eigenvalue weighted by molar-refractivity contribution is 5.48. The van der Waals surface area contributed by atoms with Crippen LogP contribution < -0.4 is 5.32 Å². The predicted molar refractivity (Wildman–Crippen MR) is 50.6 cm³/mol. The summed E-state index contributed by atoms with van der Waals surface area (Å²) in [5, 5.41) is 4.55. The van der Waals surface area contributed by atoms with Gasteiger partial charge in [-0.25, -0.2) is 4.39 Å². The van der Waals surface area contributed by atoms with Crippen molar-refractivity contribution in [3.05, 3.63) is 29.6 Å². The molecule has 1 heterocycles. The van der Waals surface area contributed by atoms with Gasteiger partial charge in [0, 0.05) is 0 Å². The van der Waals surface area contributed by atoms with E-state index in [0.29, 0.717) is 0 Å². The number of rotatable bonds is 0. The molecule has 0 bridgehead atoms. The van der Waals surface area contributed by atoms with Gasteiger partial charge < -0.3 is 0 Å². The lowest BCUT2D eigenvalue weighted by molar-refractivity contribution is 0.387. The van der Waals surface area contributed by atoms with E-state index in [1.165, 1.54) is 6.07 Å². The molecular formula is C11H13FN. The van der Waals surface area contributed by atoms with Crippen LogP contribution in [-0.4, -0.2) is 5.54 Å². The van der Waals surface area contributed by atoms with Crippen LogP contribution in [0.5, 0.6) is 0 Å². The summed E-state index contributed by atoms with van der Waals surface area (Å²) < 4.78 is 12.8. The second kappa shape index (κ2) is 2.72. The Morgan fingerprint density at radius 1 is 1.38 bits per heavy atom. The van der Waals surface area contributed by atoms with Crippen LogP contribution in [0.3, 0.4) is 0 Å². The number of fused-ring (bicyclic) bond motifs is 1. The fraction of sp³-hybridized carbons (Fsp3) is 0.455. The van der Waals surface area contributed by atoms with Crippen LogP contribution in [0.1, 0.15) is 25.8 Å². The van der Waals surface area contributed by atoms with Gasteiger partial charge in [0.05, 0.1) is 11.2 Å². The zero-order valence-corrected chi connectivity index (χ0v) is 7.97. The maximum absolute atomic E-state index is 12.8. The van der Waals surface area contributed by atoms with Gasteiger partial charge in [-0.3, -0.25) is 5.32 Å². The lowest BCUT2D eigenvalue weighted by Crippen LogP contribution is -2.34. The van der Waals surface area contributed by atoms with E-state index in [1.54, 1.807) is 12.1 Å². The van der Waals surface area contributed by atoms with Gasteiger partial charge in [0.2, 0.25) is 0 Å². The molecule has 0 aliphatic carbocycles. The van der Waals surface area contributed by atoms with E-state index in [-0.39, 0.29) is 11.4 Å². The molecule has 1 radical (unpaired) electrons. The summed E-state index contributed by atoms with van der Waals surface area (Å²) in [5.74, 6) is -0.159. The average molecular weight is 178 g/mol. The molecule has 1 aromatic carbocycles. The van der Waals surface area contributed by atoms with Crippen molar-refractivity contribution < 1.29 is 4.39 Å². The molecule has 0 N–H and O–H groups in total. The second-order valence-electron chi connectivity index (χ2n) is 4.20. The first-order valence-corrected chi connectivity index (χ1v) is 4.58. The van der Waals surface area contributed by atoms with Gasteiger partial charge in [-0.1, -0.05) is 0 Å². The SMILES string of the molecule is CC1(C)CCc2cc(F)ccc2[N]1. The van der Waals surface area contributed by atoms with Crippen molar-refractivity contribution in [3.63, 3.8) is 0 Å². The molecule has 0 spiro atoms. The van der Waals surface area contributed by atoms with E-state index in [2.05, 4.69) is 19.2 Å². The maximum atomic E-state index is 12.8. The molecule has 13 heavy (non-hydrogen) atoms. The Morgan fingerprint density at radius 3 is 2.92 bits per heavy atom. The quantitative estimate of drug-likeness (QED) is 0.580. The van der Waals surface area contributed by atoms with Gasteiger partial charge in [0.15, 0.2) is 0 Å². The Hall–Kier alpha value is -1.05. The number of hydrogen-bond donors (Lipinski definition) is 0. The third-order valence-electron chi connectivity index (χ3n) is 2.47. The predicted octanol–water partition coefficient (Wildman–Crippen LogP) is 2.79. The molecular weight excluding hydrogens is 165 g/mol. The van der Waals surface area contributed by atoms with Crippen LogP contribution in [0.15, 0.2) is 18.2 Å². The number of hydrogen-bond acceptors (Lipinski definition) is 0. The standard InChI is InChI=1S/C11H13FN/c1-11(2)6-5-8-7-9(12)3-4-10(8)13-11/h3-4,7H,5-6H2,1-2H3. The van der Waals surface area contributed by atoms with Crippen LogP contribution in [0.25, 0.3) is 0 Å². The fourth-order valence-electron chi connectivity index (χ4n) is 1.69. The molecule has 0 amide bonds. The summed E-state index contributed by atoms with van der Waals surface area (Å²) in [7, 11) is 0. The lowest BCUT2D eigenvalue weighted by atomic mass is 9.89. The lowest BCUT2D eigenvalue weighted by Gasteiger charge is -2.30. The zero-order valence-electron chi connectivity index (χ0n) is 7.97. The Balaban J connectivity index is 2.37. The molecule has 1 aliphatic heterocycles. The van der Waals surface area contributed by atoms with Crippen LogP contribution in [-0.2, 0) is 6.42 Å². The molecule has 2 rings (SSSR count). The Bertz CT molecular complexity index is 331. The molecule has 1 nitrogen and oxygen atoms in total. The van der Waals surface area contributed by atoms with E-state index < -0.39 is 0 Å². The molecule has 1 aliphatic rings. The molecule has 0 atom stereocenters. The highest BCUT2D eigenvalue weighted by atomic mass is 19.1. The summed E-state index contributed by atoms with van der Waals surface area (Å²) in [4.78, 5) is 0. The summed E-state index contributed by atoms with van der Waals surface area (Å²) in [6, 6.07) is 4.84. The summed E-state index contributed by atoms with van der Waals surface area (Å²) in [6.45, 7) is 4.22. The first-order valence-electron chi connectivity index (χ1n) is 4.58. The van der Waals surface area contributed by atoms with Gasteiger partial charge in [0.25, 0.3) is 0 Å². The average Bonchev–Trinajstić information content (AvgIpc) is 2.05. The molecule has 0 saturated carbocycles. The third kappa shape index (κ3) is 1.67. The highest BCUT2D eigenvalue weighted by Gasteiger charge is 2.25. The highest BCUT2D eigenvalue weighted by Crippen LogP contribution is 2.30. The Labute approximate surface area is 78.0 Å². The molecule has 0 fully saturated rings. The fourth-order valence-corrected chi connectivity index (χ4v) is 1.69. The van der Waals surface area contributed by atoms with Crippen molar-refractivity contribution in [2.45, 2.75) is 32.2 Å². The van der Waals surface area contributed by atoms with Crippen LogP contribution >= 0.6 is 0 Å². The monoisotopic (exact) mass is 178 g/mol. The third-order valence-corrected chi connectivity index (χ3v) is 2.47. The van der Waals surface area contributed by atoms with E-state index in [1.807, 2.05) is 0 Å². The number of aryl methyl sites for hydroxylation is 1. The van der Waals surface area contributed by atoms with Gasteiger partial charge in [0.1, 0.15) is 5.82 Å². The van der Waals surface area contributed by atoms with Gasteiger partial charge in [-0.05, 0) is 50.5 Å². The molecule has 0 unspecified atom stereocenters. The van der Waals surface area contributed by atoms with Gasteiger partial charge in [-0.2, -0.15) is 0 Å². The first-order chi connectivity index (χ1) is 6.07. The minimum atomic E-state index is -0.159. The first kappa shape index (κ1) is 8.54. The summed E-state index contributed by atoms with van der Waals surface area (Å²) in [6.07, 6.45) is 1.94. The minimum Gasteiger partial charge on any atom is -0.279 e. The molecule has 69 valence electrons. The summed E-state index contributed by atoms with van der Waals surface area (Å²) >= 11 is 0. The molecule has 2 heteroatoms. The van der Waals surface area contributed by atoms with Crippen molar-refractivity contribution in [2.24, 2.45) is 0 Å². The van der Waals surface area contributed by atoms with Crippen molar-refractivity contribution in [2.75, 3.05) is 0 Å². The van der Waals surface area contributed by atoms with E-state index in [4.69, 9.17) is 0 Å². The Kier molecular flexibility index (Phi) is 1.79. The second-order valence-corrected chi connectivity index (χ2v) is 4.20. The van der Waals surface area contributed by atoms with E-state index in [0.717, 1.165) is 24.1 Å². The van der Waals surface area contributed by atoms with E-state index in [9.17, 15) is 4.39 Å².